The predicted molar refractivity (Wildman–Crippen MR) is 57.7 cm³/mol. The number of nitrogens with one attached hydrogen (secondary N) is 1. The van der Waals surface area contributed by atoms with Crippen molar-refractivity contribution in [2.24, 2.45) is 5.92 Å². The molecule has 84 valence electrons. The van der Waals surface area contributed by atoms with E-state index in [4.69, 9.17) is 5.11 Å². The average Bonchev–Trinajstić information content (AvgIpc) is 2.29. The van der Waals surface area contributed by atoms with E-state index in [1.807, 2.05) is 30.3 Å². The summed E-state index contributed by atoms with van der Waals surface area (Å²) in [5.41, 5.74) is 3.44. The summed E-state index contributed by atoms with van der Waals surface area (Å²) in [4.78, 5) is 22.2. The van der Waals surface area contributed by atoms with Crippen molar-refractivity contribution >= 4 is 17.6 Å². The van der Waals surface area contributed by atoms with Crippen LogP contribution in [-0.2, 0) is 9.59 Å². The van der Waals surface area contributed by atoms with E-state index in [1.54, 1.807) is 5.01 Å². The summed E-state index contributed by atoms with van der Waals surface area (Å²) < 4.78 is 0. The molecule has 0 aromatic heterocycles. The summed E-state index contributed by atoms with van der Waals surface area (Å²) in [6.45, 7) is 0.507. The molecule has 1 saturated heterocycles. The molecule has 0 aliphatic carbocycles. The summed E-state index contributed by atoms with van der Waals surface area (Å²) in [7, 11) is 0. The molecule has 1 atom stereocenters. The number of anilines is 1. The molecule has 1 heterocycles. The molecule has 2 rings (SSSR count). The minimum absolute atomic E-state index is 0.329. The number of hydrazine groups is 1. The molecule has 1 unspecified atom stereocenters. The zero-order chi connectivity index (χ0) is 11.5. The molecule has 5 heteroatoms. The Morgan fingerprint density at radius 2 is 2.06 bits per heavy atom. The molecule has 16 heavy (non-hydrogen) atoms. The van der Waals surface area contributed by atoms with Crippen LogP contribution in [0.15, 0.2) is 30.3 Å². The van der Waals surface area contributed by atoms with Crippen molar-refractivity contribution in [1.29, 1.82) is 0 Å². The monoisotopic (exact) mass is 220 g/mol. The number of nitrogens with zero attached hydrogens (tertiary/aromatic N) is 1. The van der Waals surface area contributed by atoms with E-state index in [0.717, 1.165) is 5.69 Å². The predicted octanol–water partition coefficient (Wildman–Crippen LogP) is 0.629. The lowest BCUT2D eigenvalue weighted by Crippen LogP contribution is -2.53. The highest BCUT2D eigenvalue weighted by Crippen LogP contribution is 2.17. The summed E-state index contributed by atoms with van der Waals surface area (Å²) in [6, 6.07) is 9.34. The van der Waals surface area contributed by atoms with Gasteiger partial charge in [-0.05, 0) is 18.6 Å². The number of hydrogen-bond donors (Lipinski definition) is 2. The van der Waals surface area contributed by atoms with Gasteiger partial charge in [0.25, 0.3) is 5.91 Å². The van der Waals surface area contributed by atoms with Crippen LogP contribution in [0.5, 0.6) is 0 Å². The second kappa shape index (κ2) is 4.22. The molecular weight excluding hydrogens is 208 g/mol. The fourth-order valence-electron chi connectivity index (χ4n) is 1.69. The molecule has 1 amide bonds. The van der Waals surface area contributed by atoms with E-state index in [0.29, 0.717) is 13.0 Å². The standard InChI is InChI=1S/C11H12N2O3/c14-10-9(11(15)16)6-7-13(12-10)8-4-2-1-3-5-8/h1-5,9H,6-7H2,(H,12,14)(H,15,16). The average molecular weight is 220 g/mol. The molecule has 0 bridgehead atoms. The number of carboxylic acid groups (broad SMARTS) is 1. The van der Waals surface area contributed by atoms with Gasteiger partial charge >= 0.3 is 5.97 Å². The number of benzene rings is 1. The minimum Gasteiger partial charge on any atom is -0.481 e. The molecule has 0 spiro atoms. The molecule has 5 nitrogen and oxygen atoms in total. The number of aliphatic carboxylic acids is 1. The van der Waals surface area contributed by atoms with Crippen molar-refractivity contribution in [3.8, 4) is 0 Å². The van der Waals surface area contributed by atoms with Crippen LogP contribution < -0.4 is 10.4 Å². The van der Waals surface area contributed by atoms with Crippen molar-refractivity contribution in [1.82, 2.24) is 5.43 Å². The molecule has 1 aliphatic heterocycles. The maximum Gasteiger partial charge on any atom is 0.316 e. The maximum absolute atomic E-state index is 11.5. The van der Waals surface area contributed by atoms with Gasteiger partial charge in [0.15, 0.2) is 0 Å². The number of amides is 1. The Kier molecular flexibility index (Phi) is 2.76. The number of hydrogen-bond acceptors (Lipinski definition) is 3. The van der Waals surface area contributed by atoms with Crippen molar-refractivity contribution in [3.63, 3.8) is 0 Å². The van der Waals surface area contributed by atoms with E-state index in [9.17, 15) is 9.59 Å². The topological polar surface area (TPSA) is 69.6 Å². The van der Waals surface area contributed by atoms with Gasteiger partial charge in [-0.15, -0.1) is 0 Å². The minimum atomic E-state index is -1.06. The number of carbonyl (C=O) groups excluding carboxylic acids is 1. The molecule has 1 aromatic carbocycles. The first kappa shape index (κ1) is 10.5. The van der Waals surface area contributed by atoms with Crippen molar-refractivity contribution < 1.29 is 14.7 Å². The van der Waals surface area contributed by atoms with Gasteiger partial charge in [-0.25, -0.2) is 0 Å². The van der Waals surface area contributed by atoms with Crippen LogP contribution in [0.2, 0.25) is 0 Å². The van der Waals surface area contributed by atoms with Gasteiger partial charge in [-0.3, -0.25) is 20.0 Å². The fourth-order valence-corrected chi connectivity index (χ4v) is 1.69. The lowest BCUT2D eigenvalue weighted by atomic mass is 10.0. The first-order valence-electron chi connectivity index (χ1n) is 5.04. The lowest BCUT2D eigenvalue weighted by Gasteiger charge is -2.31. The van der Waals surface area contributed by atoms with Crippen LogP contribution in [0.3, 0.4) is 0 Å². The highest BCUT2D eigenvalue weighted by atomic mass is 16.4. The largest absolute Gasteiger partial charge is 0.481 e. The van der Waals surface area contributed by atoms with Crippen LogP contribution in [0, 0.1) is 5.92 Å². The highest BCUT2D eigenvalue weighted by Gasteiger charge is 2.32. The number of carbonyl (C=O) groups is 2. The van der Waals surface area contributed by atoms with Crippen molar-refractivity contribution in [3.05, 3.63) is 30.3 Å². The summed E-state index contributed by atoms with van der Waals surface area (Å²) in [5, 5.41) is 10.5. The number of rotatable bonds is 2. The van der Waals surface area contributed by atoms with E-state index in [1.165, 1.54) is 0 Å². The van der Waals surface area contributed by atoms with Gasteiger partial charge in [-0.1, -0.05) is 18.2 Å². The zero-order valence-electron chi connectivity index (χ0n) is 8.59. The lowest BCUT2D eigenvalue weighted by molar-refractivity contribution is -0.148. The molecule has 1 aromatic rings. The van der Waals surface area contributed by atoms with Crippen molar-refractivity contribution in [2.75, 3.05) is 11.6 Å². The Bertz CT molecular complexity index is 405. The molecule has 0 radical (unpaired) electrons. The number of carboxylic acids is 1. The Morgan fingerprint density at radius 1 is 1.38 bits per heavy atom. The molecule has 0 saturated carbocycles. The third kappa shape index (κ3) is 1.98. The van der Waals surface area contributed by atoms with Crippen LogP contribution in [0.1, 0.15) is 6.42 Å². The SMILES string of the molecule is O=C(O)C1CCN(c2ccccc2)NC1=O. The van der Waals surface area contributed by atoms with E-state index in [-0.39, 0.29) is 0 Å². The van der Waals surface area contributed by atoms with Gasteiger partial charge in [0.05, 0.1) is 5.69 Å². The van der Waals surface area contributed by atoms with Crippen LogP contribution in [0.4, 0.5) is 5.69 Å². The van der Waals surface area contributed by atoms with Crippen LogP contribution in [0.25, 0.3) is 0 Å². The van der Waals surface area contributed by atoms with Crippen LogP contribution in [-0.4, -0.2) is 23.5 Å². The van der Waals surface area contributed by atoms with Gasteiger partial charge in [0, 0.05) is 6.54 Å². The van der Waals surface area contributed by atoms with Crippen molar-refractivity contribution in [2.45, 2.75) is 6.42 Å². The summed E-state index contributed by atoms with van der Waals surface area (Å²) >= 11 is 0. The summed E-state index contributed by atoms with van der Waals surface area (Å²) in [6.07, 6.45) is 0.329. The molecule has 1 aliphatic rings. The Labute approximate surface area is 92.6 Å². The van der Waals surface area contributed by atoms with E-state index < -0.39 is 17.8 Å². The molecule has 2 N–H and O–H groups in total. The fraction of sp³-hybridized carbons (Fsp3) is 0.273. The number of para-hydroxylation sites is 1. The third-order valence-electron chi connectivity index (χ3n) is 2.57. The first-order valence-corrected chi connectivity index (χ1v) is 5.04. The Hall–Kier alpha value is -2.04. The first-order chi connectivity index (χ1) is 7.68. The molecular formula is C11H12N2O3. The Morgan fingerprint density at radius 3 is 2.62 bits per heavy atom. The van der Waals surface area contributed by atoms with Gasteiger partial charge < -0.3 is 5.11 Å². The second-order valence-corrected chi connectivity index (χ2v) is 3.64. The van der Waals surface area contributed by atoms with E-state index in [2.05, 4.69) is 5.43 Å². The normalized spacial score (nSPS) is 20.4. The smallest absolute Gasteiger partial charge is 0.316 e. The second-order valence-electron chi connectivity index (χ2n) is 3.64. The van der Waals surface area contributed by atoms with Gasteiger partial charge in [0.1, 0.15) is 5.92 Å². The molecule has 1 fully saturated rings. The van der Waals surface area contributed by atoms with Gasteiger partial charge in [0.2, 0.25) is 0 Å². The quantitative estimate of drug-likeness (QED) is 0.717. The maximum atomic E-state index is 11.5. The van der Waals surface area contributed by atoms with E-state index >= 15 is 0 Å². The van der Waals surface area contributed by atoms with Crippen LogP contribution >= 0.6 is 0 Å². The third-order valence-corrected chi connectivity index (χ3v) is 2.57. The highest BCUT2D eigenvalue weighted by molar-refractivity contribution is 5.98. The summed E-state index contributed by atoms with van der Waals surface area (Å²) in [5.74, 6) is -2.45. The Balaban J connectivity index is 2.08. The zero-order valence-corrected chi connectivity index (χ0v) is 8.59. The van der Waals surface area contributed by atoms with Gasteiger partial charge in [-0.2, -0.15) is 0 Å².